The molecule has 4 heterocycles. The molecule has 0 radical (unpaired) electrons. The number of piperidine rings is 1. The van der Waals surface area contributed by atoms with Crippen molar-refractivity contribution in [3.63, 3.8) is 0 Å². The second kappa shape index (κ2) is 9.75. The number of hydrogen-bond acceptors (Lipinski definition) is 7. The van der Waals surface area contributed by atoms with E-state index in [1.807, 2.05) is 44.4 Å². The van der Waals surface area contributed by atoms with Gasteiger partial charge in [0.2, 0.25) is 5.43 Å². The predicted octanol–water partition coefficient (Wildman–Crippen LogP) is 2.65. The van der Waals surface area contributed by atoms with Crippen molar-refractivity contribution in [2.24, 2.45) is 7.05 Å². The van der Waals surface area contributed by atoms with Gasteiger partial charge in [-0.25, -0.2) is 19.0 Å². The second-order valence-electron chi connectivity index (χ2n) is 8.64. The van der Waals surface area contributed by atoms with Gasteiger partial charge in [0, 0.05) is 37.3 Å². The van der Waals surface area contributed by atoms with E-state index in [4.69, 9.17) is 4.74 Å². The molecule has 0 amide bonds. The lowest BCUT2D eigenvalue weighted by molar-refractivity contribution is 0.0725. The van der Waals surface area contributed by atoms with Crippen LogP contribution in [0.1, 0.15) is 30.5 Å². The number of nitrogens with zero attached hydrogens (tertiary/aromatic N) is 6. The van der Waals surface area contributed by atoms with Crippen LogP contribution in [-0.4, -0.2) is 54.9 Å². The number of aromatic nitrogens is 6. The van der Waals surface area contributed by atoms with Gasteiger partial charge in [-0.1, -0.05) is 25.1 Å². The minimum absolute atomic E-state index is 0.134. The Bertz CT molecular complexity index is 1370. The molecular formula is C25H26FN7O2. The molecule has 1 fully saturated rings. The van der Waals surface area contributed by atoms with Gasteiger partial charge in [-0.2, -0.15) is 10.2 Å². The van der Waals surface area contributed by atoms with Gasteiger partial charge >= 0.3 is 0 Å². The van der Waals surface area contributed by atoms with Crippen LogP contribution in [0.4, 0.5) is 4.39 Å². The van der Waals surface area contributed by atoms with E-state index in [0.29, 0.717) is 23.7 Å². The molecule has 4 aromatic rings. The van der Waals surface area contributed by atoms with Crippen LogP contribution in [0.25, 0.3) is 17.1 Å². The lowest BCUT2D eigenvalue weighted by Gasteiger charge is -2.27. The standard InChI is InChI=1S/C25H26FN7O2/c1-16(24-22(34)7-9-33(31-24)19-11-30-32(2)15-19)17-4-3-5-18(10-17)25-28-12-20(13-29-25)35-23-6-8-27-14-21(23)26/h3-5,7,9-13,15-16,21,23,27H,6,8,14H2,1-2H3/t16?,21-,23+/m1/s1. The minimum atomic E-state index is -1.06. The topological polar surface area (TPSA) is 99.8 Å². The third kappa shape index (κ3) is 4.97. The van der Waals surface area contributed by atoms with Crippen LogP contribution in [0.15, 0.2) is 66.1 Å². The van der Waals surface area contributed by atoms with Crippen molar-refractivity contribution in [3.8, 4) is 22.8 Å². The van der Waals surface area contributed by atoms with E-state index in [1.54, 1.807) is 34.2 Å². The molecule has 1 aliphatic rings. The number of benzene rings is 1. The molecule has 1 aromatic carbocycles. The summed E-state index contributed by atoms with van der Waals surface area (Å²) in [6, 6.07) is 9.23. The van der Waals surface area contributed by atoms with Crippen LogP contribution in [0.3, 0.4) is 0 Å². The van der Waals surface area contributed by atoms with E-state index in [1.165, 1.54) is 6.07 Å². The summed E-state index contributed by atoms with van der Waals surface area (Å²) in [7, 11) is 1.83. The van der Waals surface area contributed by atoms with E-state index in [2.05, 4.69) is 25.5 Å². The van der Waals surface area contributed by atoms with Crippen molar-refractivity contribution < 1.29 is 9.13 Å². The van der Waals surface area contributed by atoms with E-state index in [9.17, 15) is 9.18 Å². The molecule has 10 heteroatoms. The Morgan fingerprint density at radius 2 is 2.03 bits per heavy atom. The molecule has 3 atom stereocenters. The van der Waals surface area contributed by atoms with Gasteiger partial charge in [0.1, 0.15) is 23.7 Å². The van der Waals surface area contributed by atoms with Crippen molar-refractivity contribution >= 4 is 0 Å². The van der Waals surface area contributed by atoms with Gasteiger partial charge in [-0.15, -0.1) is 0 Å². The van der Waals surface area contributed by atoms with E-state index < -0.39 is 12.3 Å². The first-order valence-electron chi connectivity index (χ1n) is 11.5. The first-order valence-corrected chi connectivity index (χ1v) is 11.5. The Balaban J connectivity index is 1.37. The summed E-state index contributed by atoms with van der Waals surface area (Å²) in [6.07, 6.45) is 7.33. The average molecular weight is 476 g/mol. The number of nitrogens with one attached hydrogen (secondary N) is 1. The van der Waals surface area contributed by atoms with E-state index in [-0.39, 0.29) is 17.9 Å². The molecule has 9 nitrogen and oxygen atoms in total. The largest absolute Gasteiger partial charge is 0.484 e. The average Bonchev–Trinajstić information content (AvgIpc) is 3.32. The molecule has 0 spiro atoms. The highest BCUT2D eigenvalue weighted by Gasteiger charge is 2.26. The van der Waals surface area contributed by atoms with Crippen LogP contribution >= 0.6 is 0 Å². The number of hydrogen-bond donors (Lipinski definition) is 1. The van der Waals surface area contributed by atoms with Crippen molar-refractivity contribution in [2.45, 2.75) is 31.5 Å². The highest BCUT2D eigenvalue weighted by molar-refractivity contribution is 5.57. The Morgan fingerprint density at radius 3 is 2.77 bits per heavy atom. The molecule has 0 saturated carbocycles. The SMILES string of the molecule is CC(c1cccc(-c2ncc(O[C@H]3CCNC[C@H]3F)cn2)c1)c1nn(-c2cnn(C)c2)ccc1=O. The maximum absolute atomic E-state index is 14.0. The summed E-state index contributed by atoms with van der Waals surface area (Å²) in [6.45, 7) is 2.96. The maximum Gasteiger partial charge on any atom is 0.203 e. The first kappa shape index (κ1) is 22.9. The van der Waals surface area contributed by atoms with Gasteiger partial charge < -0.3 is 10.1 Å². The lowest BCUT2D eigenvalue weighted by atomic mass is 9.95. The Labute approximate surface area is 201 Å². The monoisotopic (exact) mass is 475 g/mol. The summed E-state index contributed by atoms with van der Waals surface area (Å²) in [5, 5.41) is 11.8. The van der Waals surface area contributed by atoms with Crippen LogP contribution in [0, 0.1) is 0 Å². The van der Waals surface area contributed by atoms with Gasteiger partial charge in [0.15, 0.2) is 11.6 Å². The molecule has 1 unspecified atom stereocenters. The molecule has 35 heavy (non-hydrogen) atoms. The molecule has 180 valence electrons. The van der Waals surface area contributed by atoms with Gasteiger partial charge in [-0.3, -0.25) is 9.48 Å². The number of halogens is 1. The van der Waals surface area contributed by atoms with Gasteiger partial charge in [-0.05, 0) is 24.6 Å². The number of aryl methyl sites for hydroxylation is 1. The fourth-order valence-corrected chi connectivity index (χ4v) is 4.13. The number of alkyl halides is 1. The molecule has 1 N–H and O–H groups in total. The Kier molecular flexibility index (Phi) is 6.37. The van der Waals surface area contributed by atoms with Crippen LogP contribution in [-0.2, 0) is 7.05 Å². The van der Waals surface area contributed by atoms with Crippen molar-refractivity contribution in [3.05, 3.63) is 82.8 Å². The quantitative estimate of drug-likeness (QED) is 0.458. The summed E-state index contributed by atoms with van der Waals surface area (Å²) in [5.41, 5.74) is 2.78. The zero-order valence-electron chi connectivity index (χ0n) is 19.5. The third-order valence-electron chi connectivity index (χ3n) is 6.11. The molecule has 1 saturated heterocycles. The second-order valence-corrected chi connectivity index (χ2v) is 8.64. The zero-order valence-corrected chi connectivity index (χ0v) is 19.5. The third-order valence-corrected chi connectivity index (χ3v) is 6.11. The van der Waals surface area contributed by atoms with Gasteiger partial charge in [0.25, 0.3) is 0 Å². The number of rotatable bonds is 6. The molecular weight excluding hydrogens is 449 g/mol. The van der Waals surface area contributed by atoms with E-state index in [0.717, 1.165) is 23.4 Å². The van der Waals surface area contributed by atoms with Gasteiger partial charge in [0.05, 0.1) is 24.8 Å². The van der Waals surface area contributed by atoms with Crippen molar-refractivity contribution in [1.29, 1.82) is 0 Å². The fourth-order valence-electron chi connectivity index (χ4n) is 4.13. The highest BCUT2D eigenvalue weighted by Crippen LogP contribution is 2.26. The molecule has 5 rings (SSSR count). The Morgan fingerprint density at radius 1 is 1.20 bits per heavy atom. The summed E-state index contributed by atoms with van der Waals surface area (Å²) < 4.78 is 23.1. The van der Waals surface area contributed by atoms with Crippen molar-refractivity contribution in [1.82, 2.24) is 34.8 Å². The smallest absolute Gasteiger partial charge is 0.203 e. The van der Waals surface area contributed by atoms with E-state index >= 15 is 0 Å². The zero-order chi connectivity index (χ0) is 24.4. The van der Waals surface area contributed by atoms with Crippen LogP contribution < -0.4 is 15.5 Å². The molecule has 0 aliphatic carbocycles. The van der Waals surface area contributed by atoms with Crippen LogP contribution in [0.2, 0.25) is 0 Å². The minimum Gasteiger partial charge on any atom is -0.484 e. The summed E-state index contributed by atoms with van der Waals surface area (Å²) in [4.78, 5) is 21.5. The number of ether oxygens (including phenoxy) is 1. The predicted molar refractivity (Wildman–Crippen MR) is 128 cm³/mol. The molecule has 0 bridgehead atoms. The molecule has 1 aliphatic heterocycles. The molecule has 3 aromatic heterocycles. The van der Waals surface area contributed by atoms with Crippen molar-refractivity contribution in [2.75, 3.05) is 13.1 Å². The normalized spacial score (nSPS) is 18.8. The van der Waals surface area contributed by atoms with Crippen LogP contribution in [0.5, 0.6) is 5.75 Å². The first-order chi connectivity index (χ1) is 17.0. The maximum atomic E-state index is 14.0. The Hall–Kier alpha value is -3.92. The lowest BCUT2D eigenvalue weighted by Crippen LogP contribution is -2.44. The summed E-state index contributed by atoms with van der Waals surface area (Å²) >= 11 is 0. The summed E-state index contributed by atoms with van der Waals surface area (Å²) in [5.74, 6) is 0.704. The highest BCUT2D eigenvalue weighted by atomic mass is 19.1. The fraction of sp³-hybridized carbons (Fsp3) is 0.320.